The zero-order valence-electron chi connectivity index (χ0n) is 27.8. The van der Waals surface area contributed by atoms with Crippen LogP contribution in [0, 0.1) is 0 Å². The Hall–Kier alpha value is -3.23. The molecule has 5 rings (SSSR count). The van der Waals surface area contributed by atoms with Crippen LogP contribution >= 0.6 is 0 Å². The first-order valence-corrected chi connectivity index (χ1v) is 19.7. The molecule has 0 aliphatic heterocycles. The third-order valence-corrected chi connectivity index (χ3v) is 14.9. The van der Waals surface area contributed by atoms with Gasteiger partial charge in [0, 0.05) is 24.4 Å². The molecule has 242 valence electrons. The van der Waals surface area contributed by atoms with Gasteiger partial charge >= 0.3 is 0 Å². The first kappa shape index (κ1) is 33.1. The number of nitrogens with zero attached hydrogens (tertiary/aromatic N) is 3. The van der Waals surface area contributed by atoms with Gasteiger partial charge in [0.25, 0.3) is 11.8 Å². The van der Waals surface area contributed by atoms with Gasteiger partial charge in [-0.3, -0.25) is 4.79 Å². The summed E-state index contributed by atoms with van der Waals surface area (Å²) in [7, 11) is -1.99. The van der Waals surface area contributed by atoms with E-state index < -0.39 is 8.32 Å². The average Bonchev–Trinajstić information content (AvgIpc) is 3.72. The molecule has 0 unspecified atom stereocenters. The lowest BCUT2D eigenvalue weighted by atomic mass is 9.76. The fourth-order valence-electron chi connectivity index (χ4n) is 6.70. The van der Waals surface area contributed by atoms with Crippen LogP contribution in [-0.4, -0.2) is 53.4 Å². The molecular formula is C37H51N3O4Si. The van der Waals surface area contributed by atoms with E-state index in [1.54, 1.807) is 0 Å². The number of aromatic nitrogens is 2. The summed E-state index contributed by atoms with van der Waals surface area (Å²) in [6.45, 7) is 12.3. The second kappa shape index (κ2) is 14.0. The van der Waals surface area contributed by atoms with Gasteiger partial charge in [0.1, 0.15) is 12.4 Å². The van der Waals surface area contributed by atoms with E-state index in [1.807, 2.05) is 41.3 Å². The number of hydrogen-bond acceptors (Lipinski definition) is 6. The topological polar surface area (TPSA) is 84.8 Å². The lowest BCUT2D eigenvalue weighted by Gasteiger charge is -2.37. The summed E-state index contributed by atoms with van der Waals surface area (Å²) in [6.07, 6.45) is 8.96. The van der Waals surface area contributed by atoms with E-state index in [9.17, 15) is 9.90 Å². The molecule has 7 nitrogen and oxygen atoms in total. The molecule has 1 heterocycles. The predicted octanol–water partition coefficient (Wildman–Crippen LogP) is 8.22. The summed E-state index contributed by atoms with van der Waals surface area (Å²) < 4.78 is 12.7. The summed E-state index contributed by atoms with van der Waals surface area (Å²) in [6, 6.07) is 20.4. The zero-order valence-corrected chi connectivity index (χ0v) is 28.8. The third kappa shape index (κ3) is 7.78. The standard InChI is InChI=1S/C37H51N3O4Si/c1-36(2,3)45(4,5)44-25-24-40(30-20-12-13-21-30)35(42)32-33(43-27-28-16-8-6-9-17-28)34(41)39-31(38-32)26-37(22-14-15-23-37)29-18-10-7-11-19-29/h6-11,16-19,30H,12-15,20-27H2,1-5H3,(H,38,39,41). The van der Waals surface area contributed by atoms with Gasteiger partial charge < -0.3 is 19.2 Å². The van der Waals surface area contributed by atoms with Crippen molar-refractivity contribution < 1.29 is 19.1 Å². The van der Waals surface area contributed by atoms with Crippen LogP contribution < -0.4 is 4.74 Å². The molecule has 0 radical (unpaired) electrons. The molecule has 1 amide bonds. The minimum absolute atomic E-state index is 0.0566. The highest BCUT2D eigenvalue weighted by Gasteiger charge is 2.40. The quantitative estimate of drug-likeness (QED) is 0.203. The Bertz CT molecular complexity index is 1410. The van der Waals surface area contributed by atoms with Gasteiger partial charge in [0.2, 0.25) is 5.75 Å². The third-order valence-electron chi connectivity index (χ3n) is 10.4. The molecule has 0 spiro atoms. The number of rotatable bonds is 12. The van der Waals surface area contributed by atoms with Crippen molar-refractivity contribution in [3.05, 3.63) is 83.3 Å². The first-order chi connectivity index (χ1) is 21.5. The van der Waals surface area contributed by atoms with E-state index in [0.29, 0.717) is 25.4 Å². The number of hydrogen-bond donors (Lipinski definition) is 1. The van der Waals surface area contributed by atoms with Crippen LogP contribution in [0.4, 0.5) is 0 Å². The smallest absolute Gasteiger partial charge is 0.276 e. The number of amides is 1. The van der Waals surface area contributed by atoms with Gasteiger partial charge in [-0.25, -0.2) is 4.98 Å². The highest BCUT2D eigenvalue weighted by Crippen LogP contribution is 2.44. The van der Waals surface area contributed by atoms with Crippen molar-refractivity contribution >= 4 is 14.2 Å². The molecule has 2 fully saturated rings. The second-order valence-electron chi connectivity index (χ2n) is 14.5. The van der Waals surface area contributed by atoms with Gasteiger partial charge in [-0.2, -0.15) is 4.98 Å². The monoisotopic (exact) mass is 629 g/mol. The molecule has 3 aromatic rings. The Morgan fingerprint density at radius 3 is 2.20 bits per heavy atom. The van der Waals surface area contributed by atoms with Crippen molar-refractivity contribution in [1.82, 2.24) is 14.9 Å². The van der Waals surface area contributed by atoms with E-state index in [0.717, 1.165) is 56.9 Å². The number of carbonyl (C=O) groups is 1. The SMILES string of the molecule is CC(C)(C)[Si](C)(C)OCCN(C(=O)c1nc(CC2(c3ccccc3)CCCC2)nc(O)c1OCc1ccccc1)C1CCCC1. The highest BCUT2D eigenvalue weighted by molar-refractivity contribution is 6.74. The van der Waals surface area contributed by atoms with Gasteiger partial charge in [-0.05, 0) is 54.9 Å². The van der Waals surface area contributed by atoms with Crippen molar-refractivity contribution in [2.24, 2.45) is 0 Å². The van der Waals surface area contributed by atoms with E-state index in [1.165, 1.54) is 5.56 Å². The van der Waals surface area contributed by atoms with Crippen LogP contribution in [0.2, 0.25) is 18.1 Å². The normalized spacial score (nSPS) is 17.0. The minimum atomic E-state index is -1.99. The van der Waals surface area contributed by atoms with Crippen molar-refractivity contribution in [2.75, 3.05) is 13.2 Å². The van der Waals surface area contributed by atoms with Gasteiger partial charge in [-0.15, -0.1) is 0 Å². The highest BCUT2D eigenvalue weighted by atomic mass is 28.4. The van der Waals surface area contributed by atoms with Crippen LogP contribution in [0.15, 0.2) is 60.7 Å². The molecule has 1 aromatic heterocycles. The van der Waals surface area contributed by atoms with E-state index in [2.05, 4.69) is 63.1 Å². The maximum Gasteiger partial charge on any atom is 0.276 e. The maximum atomic E-state index is 14.6. The number of aromatic hydroxyl groups is 1. The molecule has 2 saturated carbocycles. The summed E-state index contributed by atoms with van der Waals surface area (Å²) in [4.78, 5) is 26.1. The van der Waals surface area contributed by atoms with Crippen LogP contribution in [0.3, 0.4) is 0 Å². The van der Waals surface area contributed by atoms with Gasteiger partial charge in [0.05, 0.1) is 6.61 Å². The lowest BCUT2D eigenvalue weighted by Crippen LogP contribution is -2.46. The Morgan fingerprint density at radius 2 is 1.58 bits per heavy atom. The minimum Gasteiger partial charge on any atom is -0.491 e. The summed E-state index contributed by atoms with van der Waals surface area (Å²) in [5, 5.41) is 11.5. The number of carbonyl (C=O) groups excluding carboxylic acids is 1. The molecular weight excluding hydrogens is 579 g/mol. The van der Waals surface area contributed by atoms with Crippen molar-refractivity contribution in [3.8, 4) is 11.6 Å². The molecule has 0 bridgehead atoms. The van der Waals surface area contributed by atoms with E-state index in [-0.39, 0.29) is 46.3 Å². The predicted molar refractivity (Wildman–Crippen MR) is 181 cm³/mol. The van der Waals surface area contributed by atoms with Crippen LogP contribution in [-0.2, 0) is 22.9 Å². The molecule has 2 aliphatic carbocycles. The molecule has 45 heavy (non-hydrogen) atoms. The molecule has 2 aliphatic rings. The van der Waals surface area contributed by atoms with E-state index >= 15 is 0 Å². The zero-order chi connectivity index (χ0) is 32.1. The Kier molecular flexibility index (Phi) is 10.3. The Balaban J connectivity index is 1.49. The van der Waals surface area contributed by atoms with Crippen LogP contribution in [0.5, 0.6) is 11.6 Å². The van der Waals surface area contributed by atoms with Crippen molar-refractivity contribution in [1.29, 1.82) is 0 Å². The fourth-order valence-corrected chi connectivity index (χ4v) is 7.74. The average molecular weight is 630 g/mol. The van der Waals surface area contributed by atoms with Gasteiger partial charge in [0.15, 0.2) is 14.0 Å². The Morgan fingerprint density at radius 1 is 0.956 bits per heavy atom. The molecule has 8 heteroatoms. The summed E-state index contributed by atoms with van der Waals surface area (Å²) >= 11 is 0. The lowest BCUT2D eigenvalue weighted by molar-refractivity contribution is 0.0629. The molecule has 2 aromatic carbocycles. The Labute approximate surface area is 270 Å². The molecule has 0 atom stereocenters. The van der Waals surface area contributed by atoms with Crippen molar-refractivity contribution in [2.45, 2.75) is 115 Å². The maximum absolute atomic E-state index is 14.6. The summed E-state index contributed by atoms with van der Waals surface area (Å²) in [5.41, 5.74) is 2.22. The number of benzene rings is 2. The van der Waals surface area contributed by atoms with E-state index in [4.69, 9.17) is 14.1 Å². The van der Waals surface area contributed by atoms with Crippen molar-refractivity contribution in [3.63, 3.8) is 0 Å². The molecule has 0 saturated heterocycles. The number of ether oxygens (including phenoxy) is 1. The molecule has 1 N–H and O–H groups in total. The first-order valence-electron chi connectivity index (χ1n) is 16.8. The van der Waals surface area contributed by atoms with Crippen LogP contribution in [0.1, 0.15) is 99.6 Å². The van der Waals surface area contributed by atoms with Gasteiger partial charge in [-0.1, -0.05) is 107 Å². The van der Waals surface area contributed by atoms with Crippen LogP contribution in [0.25, 0.3) is 0 Å². The summed E-state index contributed by atoms with van der Waals surface area (Å²) in [5.74, 6) is 0.0472. The second-order valence-corrected chi connectivity index (χ2v) is 19.3. The fraction of sp³-hybridized carbons (Fsp3) is 0.541. The largest absolute Gasteiger partial charge is 0.491 e.